The van der Waals surface area contributed by atoms with Crippen LogP contribution in [0, 0.1) is 5.92 Å². The van der Waals surface area contributed by atoms with Crippen LogP contribution in [0.3, 0.4) is 0 Å². The van der Waals surface area contributed by atoms with Crippen molar-refractivity contribution in [1.29, 1.82) is 0 Å². The summed E-state index contributed by atoms with van der Waals surface area (Å²) >= 11 is 0. The Balaban J connectivity index is 1.60. The Morgan fingerprint density at radius 3 is 2.74 bits per heavy atom. The largest absolute Gasteiger partial charge is 0.345 e. The van der Waals surface area contributed by atoms with E-state index in [2.05, 4.69) is 12.2 Å². The van der Waals surface area contributed by atoms with Gasteiger partial charge in [0.25, 0.3) is 5.91 Å². The monoisotopic (exact) mass is 394 g/mol. The highest BCUT2D eigenvalue weighted by Crippen LogP contribution is 2.31. The molecule has 1 aromatic rings. The van der Waals surface area contributed by atoms with Crippen LogP contribution < -0.4 is 5.32 Å². The van der Waals surface area contributed by atoms with Gasteiger partial charge in [0, 0.05) is 45.0 Å². The van der Waals surface area contributed by atoms with Crippen LogP contribution in [0.25, 0.3) is 0 Å². The Kier molecular flexibility index (Phi) is 5.07. The molecule has 0 radical (unpaired) electrons. The summed E-state index contributed by atoms with van der Waals surface area (Å²) in [6.07, 6.45) is 6.58. The van der Waals surface area contributed by atoms with Crippen molar-refractivity contribution < 1.29 is 13.2 Å². The standard InChI is InChI=1S/C19H30N4O3S/c1-14-4-3-9-22(12-14)27(25,26)17-10-18(21(2)13-17)19(24)23-15-5-6-16(23)11-20-8-7-15/h10,13-16,20H,3-9,11-12H2,1-2H3. The van der Waals surface area contributed by atoms with Gasteiger partial charge in [-0.1, -0.05) is 6.92 Å². The summed E-state index contributed by atoms with van der Waals surface area (Å²) in [7, 11) is -1.78. The number of nitrogens with zero attached hydrogens (tertiary/aromatic N) is 3. The predicted octanol–water partition coefficient (Wildman–Crippen LogP) is 1.41. The minimum atomic E-state index is -3.55. The molecule has 0 aromatic carbocycles. The number of carbonyl (C=O) groups excluding carboxylic acids is 1. The summed E-state index contributed by atoms with van der Waals surface area (Å²) in [6, 6.07) is 2.05. The molecule has 2 bridgehead atoms. The maximum atomic E-state index is 13.3. The molecule has 3 atom stereocenters. The van der Waals surface area contributed by atoms with E-state index in [-0.39, 0.29) is 22.9 Å². The van der Waals surface area contributed by atoms with Crippen molar-refractivity contribution in [2.24, 2.45) is 13.0 Å². The minimum absolute atomic E-state index is 0.0397. The van der Waals surface area contributed by atoms with Crippen molar-refractivity contribution in [3.8, 4) is 0 Å². The second-order valence-electron chi connectivity index (χ2n) is 8.37. The molecule has 1 N–H and O–H groups in total. The molecule has 3 fully saturated rings. The van der Waals surface area contributed by atoms with Crippen LogP contribution in [-0.4, -0.2) is 66.4 Å². The maximum absolute atomic E-state index is 13.3. The molecule has 3 aliphatic rings. The quantitative estimate of drug-likeness (QED) is 0.841. The summed E-state index contributed by atoms with van der Waals surface area (Å²) in [5.74, 6) is 0.334. The zero-order chi connectivity index (χ0) is 19.2. The van der Waals surface area contributed by atoms with E-state index in [1.165, 1.54) is 0 Å². The molecule has 4 heterocycles. The first-order valence-electron chi connectivity index (χ1n) is 10.1. The maximum Gasteiger partial charge on any atom is 0.271 e. The Labute approximate surface area is 161 Å². The van der Waals surface area contributed by atoms with Gasteiger partial charge in [-0.15, -0.1) is 0 Å². The molecule has 7 nitrogen and oxygen atoms in total. The lowest BCUT2D eigenvalue weighted by Crippen LogP contribution is -2.43. The van der Waals surface area contributed by atoms with Gasteiger partial charge in [-0.25, -0.2) is 8.42 Å². The van der Waals surface area contributed by atoms with Gasteiger partial charge in [-0.3, -0.25) is 4.79 Å². The van der Waals surface area contributed by atoms with Crippen molar-refractivity contribution >= 4 is 15.9 Å². The lowest BCUT2D eigenvalue weighted by atomic mass is 10.0. The Morgan fingerprint density at radius 1 is 1.19 bits per heavy atom. The number of rotatable bonds is 3. The summed E-state index contributed by atoms with van der Waals surface area (Å²) < 4.78 is 29.4. The third kappa shape index (κ3) is 3.43. The molecule has 0 spiro atoms. The summed E-state index contributed by atoms with van der Waals surface area (Å²) in [5.41, 5.74) is 0.470. The highest BCUT2D eigenvalue weighted by atomic mass is 32.2. The van der Waals surface area contributed by atoms with Crippen LogP contribution in [0.1, 0.15) is 49.5 Å². The molecule has 27 heavy (non-hydrogen) atoms. The van der Waals surface area contributed by atoms with E-state index < -0.39 is 10.0 Å². The molecule has 0 aliphatic carbocycles. The molecule has 1 amide bonds. The second kappa shape index (κ2) is 7.22. The van der Waals surface area contributed by atoms with E-state index in [4.69, 9.17) is 0 Å². The first-order valence-corrected chi connectivity index (χ1v) is 11.5. The molecular weight excluding hydrogens is 364 g/mol. The van der Waals surface area contributed by atoms with Crippen molar-refractivity contribution in [2.45, 2.75) is 56.0 Å². The number of sulfonamides is 1. The van der Waals surface area contributed by atoms with Gasteiger partial charge in [0.05, 0.1) is 0 Å². The van der Waals surface area contributed by atoms with Gasteiger partial charge in [0.2, 0.25) is 10.0 Å². The van der Waals surface area contributed by atoms with Crippen molar-refractivity contribution in [1.82, 2.24) is 19.1 Å². The van der Waals surface area contributed by atoms with Gasteiger partial charge in [-0.05, 0) is 50.6 Å². The van der Waals surface area contributed by atoms with E-state index in [0.29, 0.717) is 24.7 Å². The first kappa shape index (κ1) is 19.0. The fourth-order valence-electron chi connectivity index (χ4n) is 4.85. The zero-order valence-electron chi connectivity index (χ0n) is 16.2. The Hall–Kier alpha value is -1.38. The summed E-state index contributed by atoms with van der Waals surface area (Å²) in [6.45, 7) is 4.97. The average molecular weight is 395 g/mol. The van der Waals surface area contributed by atoms with Crippen LogP contribution in [0.4, 0.5) is 0 Å². The number of piperidine rings is 1. The number of carbonyl (C=O) groups is 1. The van der Waals surface area contributed by atoms with E-state index in [0.717, 1.165) is 45.2 Å². The molecule has 8 heteroatoms. The number of nitrogens with one attached hydrogen (secondary N) is 1. The van der Waals surface area contributed by atoms with Crippen molar-refractivity contribution in [2.75, 3.05) is 26.2 Å². The molecule has 3 aliphatic heterocycles. The number of hydrogen-bond acceptors (Lipinski definition) is 4. The molecule has 4 rings (SSSR count). The third-order valence-electron chi connectivity index (χ3n) is 6.35. The highest BCUT2D eigenvalue weighted by molar-refractivity contribution is 7.89. The lowest BCUT2D eigenvalue weighted by Gasteiger charge is -2.29. The zero-order valence-corrected chi connectivity index (χ0v) is 17.0. The fraction of sp³-hybridized carbons (Fsp3) is 0.737. The minimum Gasteiger partial charge on any atom is -0.345 e. The molecule has 3 unspecified atom stereocenters. The van der Waals surface area contributed by atoms with Gasteiger partial charge in [-0.2, -0.15) is 4.31 Å². The summed E-state index contributed by atoms with van der Waals surface area (Å²) in [4.78, 5) is 15.5. The average Bonchev–Trinajstić information content (AvgIpc) is 3.13. The fourth-order valence-corrected chi connectivity index (χ4v) is 6.52. The Morgan fingerprint density at radius 2 is 1.96 bits per heavy atom. The first-order chi connectivity index (χ1) is 12.9. The van der Waals surface area contributed by atoms with Crippen LogP contribution in [-0.2, 0) is 17.1 Å². The van der Waals surface area contributed by atoms with Crippen LogP contribution >= 0.6 is 0 Å². The number of aromatic nitrogens is 1. The third-order valence-corrected chi connectivity index (χ3v) is 8.18. The molecule has 1 aromatic heterocycles. The van der Waals surface area contributed by atoms with E-state index >= 15 is 0 Å². The van der Waals surface area contributed by atoms with Gasteiger partial charge < -0.3 is 14.8 Å². The van der Waals surface area contributed by atoms with Crippen LogP contribution in [0.2, 0.25) is 0 Å². The SMILES string of the molecule is CC1CCCN(S(=O)(=O)c2cc(C(=O)N3C4CCNCC3CC4)n(C)c2)C1. The van der Waals surface area contributed by atoms with Crippen molar-refractivity contribution in [3.63, 3.8) is 0 Å². The lowest BCUT2D eigenvalue weighted by molar-refractivity contribution is 0.0670. The molecule has 3 saturated heterocycles. The number of fused-ring (bicyclic) bond motifs is 2. The molecule has 150 valence electrons. The van der Waals surface area contributed by atoms with Crippen LogP contribution in [0.5, 0.6) is 0 Å². The topological polar surface area (TPSA) is 74.7 Å². The number of amides is 1. The van der Waals surface area contributed by atoms with Gasteiger partial charge in [0.1, 0.15) is 10.6 Å². The van der Waals surface area contributed by atoms with E-state index in [1.807, 2.05) is 4.90 Å². The number of hydrogen-bond donors (Lipinski definition) is 1. The van der Waals surface area contributed by atoms with Crippen LogP contribution in [0.15, 0.2) is 17.2 Å². The highest BCUT2D eigenvalue weighted by Gasteiger charge is 2.40. The van der Waals surface area contributed by atoms with Gasteiger partial charge in [0.15, 0.2) is 0 Å². The predicted molar refractivity (Wildman–Crippen MR) is 103 cm³/mol. The van der Waals surface area contributed by atoms with Crippen molar-refractivity contribution in [3.05, 3.63) is 18.0 Å². The van der Waals surface area contributed by atoms with Gasteiger partial charge >= 0.3 is 0 Å². The van der Waals surface area contributed by atoms with E-state index in [9.17, 15) is 13.2 Å². The smallest absolute Gasteiger partial charge is 0.271 e. The Bertz CT molecular complexity index is 805. The molecular formula is C19H30N4O3S. The summed E-state index contributed by atoms with van der Waals surface area (Å²) in [5, 5.41) is 3.40. The second-order valence-corrected chi connectivity index (χ2v) is 10.3. The normalized spacial score (nSPS) is 29.7. The molecule has 0 saturated carbocycles. The van der Waals surface area contributed by atoms with E-state index in [1.54, 1.807) is 28.2 Å². The number of aryl methyl sites for hydroxylation is 1.